The van der Waals surface area contributed by atoms with E-state index in [4.69, 9.17) is 11.6 Å². The van der Waals surface area contributed by atoms with E-state index in [1.807, 2.05) is 6.08 Å². The number of benzene rings is 2. The molecule has 1 amide bonds. The molecule has 0 bridgehead atoms. The van der Waals surface area contributed by atoms with Gasteiger partial charge in [0.25, 0.3) is 5.91 Å². The smallest absolute Gasteiger partial charge is 0.370 e. The molecular formula is C26H26ClF4N3O. The van der Waals surface area contributed by atoms with Crippen LogP contribution in [0.15, 0.2) is 53.5 Å². The first-order valence-corrected chi connectivity index (χ1v) is 11.9. The fourth-order valence-electron chi connectivity index (χ4n) is 4.64. The molecule has 2 aromatic carbocycles. The Hall–Kier alpha value is -2.87. The number of alkyl halides is 3. The van der Waals surface area contributed by atoms with Crippen LogP contribution in [0.3, 0.4) is 0 Å². The molecule has 35 heavy (non-hydrogen) atoms. The summed E-state index contributed by atoms with van der Waals surface area (Å²) < 4.78 is 52.2. The second-order valence-electron chi connectivity index (χ2n) is 9.17. The molecule has 0 aromatic heterocycles. The SMILES string of the molecule is CC1CC(NC(=O)c2cc(C(F)(F)F)ccc2Cl)CCC1CNC1=NCC(c2ccc(F)cc2)=C1. The van der Waals surface area contributed by atoms with Crippen LogP contribution in [0.5, 0.6) is 0 Å². The van der Waals surface area contributed by atoms with E-state index in [9.17, 15) is 22.4 Å². The molecule has 1 aliphatic carbocycles. The van der Waals surface area contributed by atoms with E-state index in [2.05, 4.69) is 22.5 Å². The molecule has 0 spiro atoms. The van der Waals surface area contributed by atoms with Crippen LogP contribution < -0.4 is 10.6 Å². The Kier molecular flexibility index (Phi) is 7.50. The van der Waals surface area contributed by atoms with Crippen LogP contribution >= 0.6 is 11.6 Å². The molecule has 1 saturated carbocycles. The third kappa shape index (κ3) is 6.23. The molecule has 186 valence electrons. The zero-order valence-corrected chi connectivity index (χ0v) is 19.9. The summed E-state index contributed by atoms with van der Waals surface area (Å²) in [6.07, 6.45) is -0.266. The summed E-state index contributed by atoms with van der Waals surface area (Å²) in [5.41, 5.74) is 0.903. The molecule has 0 saturated heterocycles. The van der Waals surface area contributed by atoms with Crippen molar-refractivity contribution in [2.24, 2.45) is 16.8 Å². The van der Waals surface area contributed by atoms with Crippen molar-refractivity contribution in [1.29, 1.82) is 0 Å². The number of amidine groups is 1. The molecule has 2 aliphatic rings. The lowest BCUT2D eigenvalue weighted by Crippen LogP contribution is -2.42. The van der Waals surface area contributed by atoms with E-state index < -0.39 is 17.6 Å². The number of hydrogen-bond donors (Lipinski definition) is 2. The Morgan fingerprint density at radius 3 is 2.57 bits per heavy atom. The van der Waals surface area contributed by atoms with Crippen LogP contribution in [0.2, 0.25) is 5.02 Å². The second-order valence-corrected chi connectivity index (χ2v) is 9.58. The molecule has 4 nitrogen and oxygen atoms in total. The van der Waals surface area contributed by atoms with Crippen molar-refractivity contribution in [3.8, 4) is 0 Å². The number of nitrogens with one attached hydrogen (secondary N) is 2. The van der Waals surface area contributed by atoms with Crippen LogP contribution in [0, 0.1) is 17.7 Å². The highest BCUT2D eigenvalue weighted by Crippen LogP contribution is 2.33. The Bertz CT molecular complexity index is 1140. The highest BCUT2D eigenvalue weighted by molar-refractivity contribution is 6.33. The maximum atomic E-state index is 13.1. The van der Waals surface area contributed by atoms with E-state index in [1.165, 1.54) is 12.1 Å². The summed E-state index contributed by atoms with van der Waals surface area (Å²) in [6.45, 7) is 3.38. The van der Waals surface area contributed by atoms with Gasteiger partial charge in [-0.1, -0.05) is 30.7 Å². The average molecular weight is 508 g/mol. The van der Waals surface area contributed by atoms with E-state index in [-0.39, 0.29) is 22.4 Å². The Morgan fingerprint density at radius 1 is 1.14 bits per heavy atom. The molecule has 1 heterocycles. The first-order chi connectivity index (χ1) is 16.6. The number of carbonyl (C=O) groups excluding carboxylic acids is 1. The van der Waals surface area contributed by atoms with Gasteiger partial charge in [0.2, 0.25) is 0 Å². The minimum Gasteiger partial charge on any atom is -0.370 e. The van der Waals surface area contributed by atoms with E-state index in [0.717, 1.165) is 61.0 Å². The molecule has 4 rings (SSSR count). The number of aliphatic imine (C=N–C) groups is 1. The Morgan fingerprint density at radius 2 is 1.89 bits per heavy atom. The van der Waals surface area contributed by atoms with Gasteiger partial charge in [-0.3, -0.25) is 9.79 Å². The molecule has 9 heteroatoms. The van der Waals surface area contributed by atoms with Crippen LogP contribution in [0.1, 0.15) is 47.7 Å². The van der Waals surface area contributed by atoms with Crippen LogP contribution in [-0.4, -0.2) is 30.9 Å². The van der Waals surface area contributed by atoms with Crippen molar-refractivity contribution < 1.29 is 22.4 Å². The first-order valence-electron chi connectivity index (χ1n) is 11.5. The summed E-state index contributed by atoms with van der Waals surface area (Å²) in [5, 5.41) is 6.24. The van der Waals surface area contributed by atoms with Gasteiger partial charge in [0.05, 0.1) is 22.7 Å². The van der Waals surface area contributed by atoms with Crippen molar-refractivity contribution in [2.45, 2.75) is 38.4 Å². The van der Waals surface area contributed by atoms with Gasteiger partial charge < -0.3 is 10.6 Å². The zero-order valence-electron chi connectivity index (χ0n) is 19.1. The number of halogens is 5. The van der Waals surface area contributed by atoms with E-state index in [1.54, 1.807) is 12.1 Å². The minimum atomic E-state index is -4.54. The van der Waals surface area contributed by atoms with Crippen molar-refractivity contribution in [3.63, 3.8) is 0 Å². The van der Waals surface area contributed by atoms with Gasteiger partial charge in [-0.2, -0.15) is 13.2 Å². The number of nitrogens with zero attached hydrogens (tertiary/aromatic N) is 1. The fourth-order valence-corrected chi connectivity index (χ4v) is 4.84. The topological polar surface area (TPSA) is 53.5 Å². The normalized spacial score (nSPS) is 22.4. The molecule has 3 unspecified atom stereocenters. The van der Waals surface area contributed by atoms with Crippen LogP contribution in [0.4, 0.5) is 17.6 Å². The third-order valence-electron chi connectivity index (χ3n) is 6.71. The predicted molar refractivity (Wildman–Crippen MR) is 129 cm³/mol. The highest BCUT2D eigenvalue weighted by atomic mass is 35.5. The van der Waals surface area contributed by atoms with Gasteiger partial charge in [0.1, 0.15) is 11.7 Å². The number of rotatable bonds is 5. The molecule has 2 N–H and O–H groups in total. The standard InChI is InChI=1S/C26H26ClF4N3O/c1-15-10-21(34-25(35)22-12-19(26(29,30)31)5-9-23(22)27)8-4-17(15)13-32-24-11-18(14-33-24)16-2-6-20(28)7-3-16/h2-3,5-7,9,11-12,15,17,21H,4,8,10,13-14H2,1H3,(H,32,33)(H,34,35). The van der Waals surface area contributed by atoms with Crippen LogP contribution in [0.25, 0.3) is 5.57 Å². The first kappa shape index (κ1) is 25.2. The molecule has 2 aromatic rings. The van der Waals surface area contributed by atoms with Crippen molar-refractivity contribution in [2.75, 3.05) is 13.1 Å². The quantitative estimate of drug-likeness (QED) is 0.479. The largest absolute Gasteiger partial charge is 0.416 e. The third-order valence-corrected chi connectivity index (χ3v) is 7.04. The lowest BCUT2D eigenvalue weighted by atomic mass is 9.78. The lowest BCUT2D eigenvalue weighted by Gasteiger charge is -2.35. The number of amides is 1. The minimum absolute atomic E-state index is 0.00756. The molecule has 0 radical (unpaired) electrons. The van der Waals surface area contributed by atoms with Gasteiger partial charge in [-0.05, 0) is 78.6 Å². The summed E-state index contributed by atoms with van der Waals surface area (Å²) in [7, 11) is 0. The van der Waals surface area contributed by atoms with Crippen molar-refractivity contribution in [1.82, 2.24) is 10.6 Å². The maximum absolute atomic E-state index is 13.1. The number of carbonyl (C=O) groups is 1. The van der Waals surface area contributed by atoms with Crippen molar-refractivity contribution in [3.05, 3.63) is 76.1 Å². The van der Waals surface area contributed by atoms with Gasteiger partial charge in [0.15, 0.2) is 0 Å². The fraction of sp³-hybridized carbons (Fsp3) is 0.385. The lowest BCUT2D eigenvalue weighted by molar-refractivity contribution is -0.137. The van der Waals surface area contributed by atoms with Crippen molar-refractivity contribution >= 4 is 28.9 Å². The summed E-state index contributed by atoms with van der Waals surface area (Å²) in [5.74, 6) is 0.595. The molecule has 1 fully saturated rings. The van der Waals surface area contributed by atoms with Gasteiger partial charge in [0, 0.05) is 12.6 Å². The Labute approximate surface area is 206 Å². The second kappa shape index (κ2) is 10.4. The van der Waals surface area contributed by atoms with E-state index in [0.29, 0.717) is 18.4 Å². The predicted octanol–water partition coefficient (Wildman–Crippen LogP) is 6.12. The van der Waals surface area contributed by atoms with Gasteiger partial charge >= 0.3 is 6.18 Å². The average Bonchev–Trinajstić information content (AvgIpc) is 3.27. The zero-order chi connectivity index (χ0) is 25.2. The molecule has 3 atom stereocenters. The summed E-state index contributed by atoms with van der Waals surface area (Å²) in [6, 6.07) is 8.98. The molecular weight excluding hydrogens is 482 g/mol. The summed E-state index contributed by atoms with van der Waals surface area (Å²) in [4.78, 5) is 17.2. The number of hydrogen-bond acceptors (Lipinski definition) is 3. The van der Waals surface area contributed by atoms with E-state index >= 15 is 0 Å². The van der Waals surface area contributed by atoms with Gasteiger partial charge in [-0.25, -0.2) is 4.39 Å². The monoisotopic (exact) mass is 507 g/mol. The van der Waals surface area contributed by atoms with Gasteiger partial charge in [-0.15, -0.1) is 0 Å². The maximum Gasteiger partial charge on any atom is 0.416 e. The highest BCUT2D eigenvalue weighted by Gasteiger charge is 2.33. The molecule has 1 aliphatic heterocycles. The summed E-state index contributed by atoms with van der Waals surface area (Å²) >= 11 is 6.00. The van der Waals surface area contributed by atoms with Crippen LogP contribution in [-0.2, 0) is 6.18 Å². The Balaban J connectivity index is 1.28.